The Kier molecular flexibility index (Phi) is 7.75. The molecule has 0 aliphatic rings. The highest BCUT2D eigenvalue weighted by atomic mass is 32.1. The van der Waals surface area contributed by atoms with Crippen molar-refractivity contribution < 1.29 is 0 Å². The highest BCUT2D eigenvalue weighted by Gasteiger charge is 2.15. The van der Waals surface area contributed by atoms with E-state index < -0.39 is 0 Å². The quantitative estimate of drug-likeness (QED) is 0.161. The Balaban J connectivity index is 0.894. The number of rotatable bonds is 6. The molecule has 0 amide bonds. The van der Waals surface area contributed by atoms with Gasteiger partial charge in [0.25, 0.3) is 0 Å². The van der Waals surface area contributed by atoms with Crippen LogP contribution in [0.5, 0.6) is 0 Å². The normalized spacial score (nSPS) is 11.6. The van der Waals surface area contributed by atoms with Gasteiger partial charge in [-0.15, -0.1) is 11.3 Å². The Morgan fingerprint density at radius 2 is 0.625 bits per heavy atom. The fraction of sp³-hybridized carbons (Fsp3) is 0. The van der Waals surface area contributed by atoms with E-state index in [1.807, 2.05) is 11.3 Å². The van der Waals surface area contributed by atoms with E-state index in [4.69, 9.17) is 0 Å². The van der Waals surface area contributed by atoms with Crippen LogP contribution in [0.1, 0.15) is 0 Å². The van der Waals surface area contributed by atoms with Crippen LogP contribution in [-0.4, -0.2) is 4.57 Å². The molecule has 0 fully saturated rings. The molecule has 56 heavy (non-hydrogen) atoms. The molecule has 11 aromatic rings. The predicted octanol–water partition coefficient (Wildman–Crippen LogP) is 15.5. The molecule has 0 bridgehead atoms. The van der Waals surface area contributed by atoms with Crippen LogP contribution >= 0.6 is 11.3 Å². The lowest BCUT2D eigenvalue weighted by Gasteiger charge is -2.11. The van der Waals surface area contributed by atoms with Gasteiger partial charge >= 0.3 is 0 Å². The maximum absolute atomic E-state index is 2.41. The van der Waals surface area contributed by atoms with Crippen molar-refractivity contribution in [3.63, 3.8) is 0 Å². The molecule has 0 radical (unpaired) electrons. The molecule has 0 aliphatic carbocycles. The van der Waals surface area contributed by atoms with Crippen LogP contribution in [0.25, 0.3) is 103 Å². The van der Waals surface area contributed by atoms with E-state index >= 15 is 0 Å². The monoisotopic (exact) mass is 729 g/mol. The van der Waals surface area contributed by atoms with Crippen molar-refractivity contribution in [2.45, 2.75) is 0 Å². The molecule has 0 saturated heterocycles. The Hall–Kier alpha value is -7.00. The van der Waals surface area contributed by atoms with Gasteiger partial charge in [0.05, 0.1) is 11.0 Å². The van der Waals surface area contributed by atoms with Crippen LogP contribution in [0.3, 0.4) is 0 Å². The third-order valence-corrected chi connectivity index (χ3v) is 12.4. The molecule has 11 rings (SSSR count). The SMILES string of the molecule is c1ccc(-c2ccc3c(c2)c2cc(-c4ccccc4)ccc2n3-c2ccc(-c3ccc(-c4ccc(-c5ccc6c(c5)sc5ccccc56)cc4)cc3)cc2)cc1. The maximum Gasteiger partial charge on any atom is 0.0541 e. The van der Waals surface area contributed by atoms with Gasteiger partial charge in [-0.25, -0.2) is 0 Å². The molecule has 1 nitrogen and oxygen atoms in total. The molecule has 0 atom stereocenters. The number of fused-ring (bicyclic) bond motifs is 6. The Labute approximate surface area is 330 Å². The summed E-state index contributed by atoms with van der Waals surface area (Å²) in [6.45, 7) is 0. The molecule has 262 valence electrons. The zero-order valence-corrected chi connectivity index (χ0v) is 31.4. The topological polar surface area (TPSA) is 4.93 Å². The van der Waals surface area contributed by atoms with Gasteiger partial charge in [0.15, 0.2) is 0 Å². The summed E-state index contributed by atoms with van der Waals surface area (Å²) in [4.78, 5) is 0. The summed E-state index contributed by atoms with van der Waals surface area (Å²) in [6.07, 6.45) is 0. The summed E-state index contributed by atoms with van der Waals surface area (Å²) in [5, 5.41) is 5.18. The lowest BCUT2D eigenvalue weighted by atomic mass is 9.97. The molecule has 0 N–H and O–H groups in total. The first kappa shape index (κ1) is 32.4. The third kappa shape index (κ3) is 5.62. The predicted molar refractivity (Wildman–Crippen MR) is 241 cm³/mol. The first-order valence-electron chi connectivity index (χ1n) is 19.2. The molecule has 0 aliphatic heterocycles. The van der Waals surface area contributed by atoms with Gasteiger partial charge in [-0.3, -0.25) is 0 Å². The second kappa shape index (κ2) is 13.4. The zero-order chi connectivity index (χ0) is 37.0. The smallest absolute Gasteiger partial charge is 0.0541 e. The van der Waals surface area contributed by atoms with E-state index in [1.54, 1.807) is 0 Å². The number of nitrogens with zero attached hydrogens (tertiary/aromatic N) is 1. The van der Waals surface area contributed by atoms with E-state index in [2.05, 4.69) is 217 Å². The molecular formula is C54H35NS. The maximum atomic E-state index is 2.41. The molecular weight excluding hydrogens is 695 g/mol. The van der Waals surface area contributed by atoms with Crippen molar-refractivity contribution >= 4 is 53.3 Å². The van der Waals surface area contributed by atoms with Gasteiger partial charge in [0, 0.05) is 36.6 Å². The molecule has 2 heterocycles. The van der Waals surface area contributed by atoms with Crippen molar-refractivity contribution in [3.05, 3.63) is 212 Å². The van der Waals surface area contributed by atoms with Crippen molar-refractivity contribution in [1.82, 2.24) is 4.57 Å². The largest absolute Gasteiger partial charge is 0.309 e. The van der Waals surface area contributed by atoms with E-state index in [-0.39, 0.29) is 0 Å². The molecule has 9 aromatic carbocycles. The zero-order valence-electron chi connectivity index (χ0n) is 30.6. The lowest BCUT2D eigenvalue weighted by Crippen LogP contribution is -1.94. The van der Waals surface area contributed by atoms with Crippen molar-refractivity contribution in [1.29, 1.82) is 0 Å². The summed E-state index contributed by atoms with van der Waals surface area (Å²) in [7, 11) is 0. The van der Waals surface area contributed by atoms with E-state index in [0.717, 1.165) is 5.69 Å². The average molecular weight is 730 g/mol. The summed E-state index contributed by atoms with van der Waals surface area (Å²) < 4.78 is 5.08. The van der Waals surface area contributed by atoms with Gasteiger partial charge in [-0.1, -0.05) is 164 Å². The molecule has 2 heteroatoms. The number of aromatic nitrogens is 1. The van der Waals surface area contributed by atoms with Crippen molar-refractivity contribution in [2.75, 3.05) is 0 Å². The van der Waals surface area contributed by atoms with Gasteiger partial charge in [0.1, 0.15) is 0 Å². The molecule has 0 spiro atoms. The summed E-state index contributed by atoms with van der Waals surface area (Å²) in [5.74, 6) is 0. The van der Waals surface area contributed by atoms with Crippen LogP contribution in [0.2, 0.25) is 0 Å². The van der Waals surface area contributed by atoms with Crippen LogP contribution in [0.4, 0.5) is 0 Å². The minimum Gasteiger partial charge on any atom is -0.309 e. The Morgan fingerprint density at radius 1 is 0.250 bits per heavy atom. The number of thiophene rings is 1. The van der Waals surface area contributed by atoms with E-state index in [0.29, 0.717) is 0 Å². The summed E-state index contributed by atoms with van der Waals surface area (Å²) >= 11 is 1.87. The minimum atomic E-state index is 1.15. The second-order valence-electron chi connectivity index (χ2n) is 14.5. The Morgan fingerprint density at radius 3 is 1.16 bits per heavy atom. The second-order valence-corrected chi connectivity index (χ2v) is 15.6. The highest BCUT2D eigenvalue weighted by molar-refractivity contribution is 7.25. The van der Waals surface area contributed by atoms with Crippen molar-refractivity contribution in [3.8, 4) is 61.3 Å². The van der Waals surface area contributed by atoms with Gasteiger partial charge in [-0.05, 0) is 104 Å². The Bertz CT molecular complexity index is 3090. The fourth-order valence-corrected chi connectivity index (χ4v) is 9.49. The van der Waals surface area contributed by atoms with Gasteiger partial charge < -0.3 is 4.57 Å². The molecule has 0 saturated carbocycles. The average Bonchev–Trinajstić information content (AvgIpc) is 3.82. The number of hydrogen-bond donors (Lipinski definition) is 0. The first-order valence-corrected chi connectivity index (χ1v) is 20.0. The van der Waals surface area contributed by atoms with Crippen LogP contribution < -0.4 is 0 Å². The highest BCUT2D eigenvalue weighted by Crippen LogP contribution is 2.39. The van der Waals surface area contributed by atoms with Crippen LogP contribution in [-0.2, 0) is 0 Å². The van der Waals surface area contributed by atoms with E-state index in [1.165, 1.54) is 97.6 Å². The standard InChI is InChI=1S/C54H35NS/c1-3-9-36(10-4-1)43-26-31-51-49(33-43)50-34-44(37-11-5-2-6-12-37)27-32-52(50)55(51)46-28-23-41(24-29-46)40-17-15-38(16-18-40)39-19-21-42(22-20-39)45-25-30-48-47-13-7-8-14-53(47)56-54(48)35-45/h1-35H. The molecule has 0 unspecified atom stereocenters. The number of benzene rings is 9. The van der Waals surface area contributed by atoms with E-state index in [9.17, 15) is 0 Å². The van der Waals surface area contributed by atoms with Gasteiger partial charge in [0.2, 0.25) is 0 Å². The summed E-state index contributed by atoms with van der Waals surface area (Å²) in [5.41, 5.74) is 15.8. The first-order chi connectivity index (χ1) is 27.7. The van der Waals surface area contributed by atoms with Gasteiger partial charge in [-0.2, -0.15) is 0 Å². The fourth-order valence-electron chi connectivity index (χ4n) is 8.34. The molecule has 2 aromatic heterocycles. The number of hydrogen-bond acceptors (Lipinski definition) is 1. The third-order valence-electron chi connectivity index (χ3n) is 11.3. The summed E-state index contributed by atoms with van der Waals surface area (Å²) in [6, 6.07) is 77.6. The van der Waals surface area contributed by atoms with Crippen molar-refractivity contribution in [2.24, 2.45) is 0 Å². The van der Waals surface area contributed by atoms with Crippen LogP contribution in [0.15, 0.2) is 212 Å². The lowest BCUT2D eigenvalue weighted by molar-refractivity contribution is 1.18. The van der Waals surface area contributed by atoms with Crippen LogP contribution in [0, 0.1) is 0 Å². The minimum absolute atomic E-state index is 1.15.